The van der Waals surface area contributed by atoms with Gasteiger partial charge < -0.3 is 4.74 Å². The van der Waals surface area contributed by atoms with Gasteiger partial charge in [-0.1, -0.05) is 69.4 Å². The van der Waals surface area contributed by atoms with E-state index in [2.05, 4.69) is 6.92 Å². The maximum absolute atomic E-state index is 12.8. The highest BCUT2D eigenvalue weighted by molar-refractivity contribution is 5.30. The van der Waals surface area contributed by atoms with Gasteiger partial charge in [-0.25, -0.2) is 0 Å². The summed E-state index contributed by atoms with van der Waals surface area (Å²) in [5, 5.41) is 0. The molecule has 0 spiro atoms. The monoisotopic (exact) mass is 390 g/mol. The molecule has 0 amide bonds. The van der Waals surface area contributed by atoms with Crippen LogP contribution in [0.4, 0.5) is 13.2 Å². The van der Waals surface area contributed by atoms with Gasteiger partial charge >= 0.3 is 6.18 Å². The normalized spacial score (nSPS) is 21.3. The van der Waals surface area contributed by atoms with E-state index in [0.29, 0.717) is 5.75 Å². The third-order valence-electron chi connectivity index (χ3n) is 6.01. The number of alkyl halides is 3. The maximum Gasteiger partial charge on any atom is 0.416 e. The van der Waals surface area contributed by atoms with Gasteiger partial charge in [0.05, 0.1) is 5.56 Å². The fraction of sp³-hybridized carbons (Fsp3) is 0.500. The van der Waals surface area contributed by atoms with Crippen molar-refractivity contribution in [3.63, 3.8) is 0 Å². The lowest BCUT2D eigenvalue weighted by atomic mass is 9.78. The molecule has 1 aliphatic carbocycles. The van der Waals surface area contributed by atoms with E-state index in [1.54, 1.807) is 0 Å². The maximum atomic E-state index is 12.8. The summed E-state index contributed by atoms with van der Waals surface area (Å²) in [5.74, 6) is 2.09. The zero-order valence-electron chi connectivity index (χ0n) is 16.4. The number of hydrogen-bond acceptors (Lipinski definition) is 1. The predicted molar refractivity (Wildman–Crippen MR) is 106 cm³/mol. The Labute approximate surface area is 165 Å². The van der Waals surface area contributed by atoms with Crippen molar-refractivity contribution in [1.29, 1.82) is 0 Å². The summed E-state index contributed by atoms with van der Waals surface area (Å²) in [6.07, 6.45) is 3.98. The summed E-state index contributed by atoms with van der Waals surface area (Å²) in [6.45, 7) is 2.27. The van der Waals surface area contributed by atoms with Gasteiger partial charge in [0.25, 0.3) is 0 Å². The van der Waals surface area contributed by atoms with Crippen LogP contribution in [0.3, 0.4) is 0 Å². The fourth-order valence-electron chi connectivity index (χ4n) is 4.16. The standard InChI is InChI=1S/C24H29F3O/c1-2-18-8-10-19(11-9-18)12-17-23(20-6-4-3-5-7-20)28-22-15-13-21(14-16-22)24(25,26)27/h3-7,13-16,18-19,23H,2,8-12,17H2,1H3/t18-,19-,23?. The van der Waals surface area contributed by atoms with Gasteiger partial charge in [0.15, 0.2) is 0 Å². The van der Waals surface area contributed by atoms with E-state index in [1.165, 1.54) is 44.2 Å². The van der Waals surface area contributed by atoms with E-state index in [-0.39, 0.29) is 6.10 Å². The van der Waals surface area contributed by atoms with E-state index in [0.717, 1.165) is 42.4 Å². The van der Waals surface area contributed by atoms with Crippen molar-refractivity contribution in [2.45, 2.75) is 64.1 Å². The first-order valence-electron chi connectivity index (χ1n) is 10.3. The first-order chi connectivity index (χ1) is 13.5. The van der Waals surface area contributed by atoms with Crippen molar-refractivity contribution in [3.8, 4) is 5.75 Å². The molecule has 3 rings (SSSR count). The quantitative estimate of drug-likeness (QED) is 0.468. The van der Waals surface area contributed by atoms with Crippen molar-refractivity contribution >= 4 is 0 Å². The zero-order valence-corrected chi connectivity index (χ0v) is 16.4. The van der Waals surface area contributed by atoms with Crippen molar-refractivity contribution in [2.24, 2.45) is 11.8 Å². The number of benzene rings is 2. The molecule has 0 aromatic heterocycles. The molecule has 152 valence electrons. The van der Waals surface area contributed by atoms with Gasteiger partial charge in [-0.15, -0.1) is 0 Å². The molecule has 0 bridgehead atoms. The Morgan fingerprint density at radius 1 is 0.893 bits per heavy atom. The molecule has 0 N–H and O–H groups in total. The molecule has 1 saturated carbocycles. The highest BCUT2D eigenvalue weighted by Crippen LogP contribution is 2.36. The lowest BCUT2D eigenvalue weighted by Gasteiger charge is -2.29. The van der Waals surface area contributed by atoms with Crippen molar-refractivity contribution in [3.05, 3.63) is 65.7 Å². The number of ether oxygens (including phenoxy) is 1. The Hall–Kier alpha value is -1.97. The molecule has 2 aromatic rings. The lowest BCUT2D eigenvalue weighted by molar-refractivity contribution is -0.137. The zero-order chi connectivity index (χ0) is 20.0. The molecule has 1 fully saturated rings. The smallest absolute Gasteiger partial charge is 0.416 e. The minimum atomic E-state index is -4.32. The van der Waals surface area contributed by atoms with Gasteiger partial charge in [-0.05, 0) is 54.5 Å². The summed E-state index contributed by atoms with van der Waals surface area (Å²) in [5.41, 5.74) is 0.424. The molecule has 0 saturated heterocycles. The average molecular weight is 390 g/mol. The third-order valence-corrected chi connectivity index (χ3v) is 6.01. The summed E-state index contributed by atoms with van der Waals surface area (Å²) in [6, 6.07) is 15.0. The van der Waals surface area contributed by atoms with Crippen LogP contribution in [0.2, 0.25) is 0 Å². The Kier molecular flexibility index (Phi) is 7.03. The molecule has 1 nitrogen and oxygen atoms in total. The van der Waals surface area contributed by atoms with Crippen LogP contribution in [0.15, 0.2) is 54.6 Å². The van der Waals surface area contributed by atoms with E-state index in [1.807, 2.05) is 30.3 Å². The number of halogens is 3. The summed E-state index contributed by atoms with van der Waals surface area (Å²) in [4.78, 5) is 0. The molecular formula is C24H29F3O. The molecule has 0 heterocycles. The topological polar surface area (TPSA) is 9.23 Å². The van der Waals surface area contributed by atoms with E-state index >= 15 is 0 Å². The highest BCUT2D eigenvalue weighted by Gasteiger charge is 2.30. The molecule has 2 aromatic carbocycles. The first kappa shape index (κ1) is 20.8. The van der Waals surface area contributed by atoms with Crippen LogP contribution in [-0.2, 0) is 6.18 Å². The van der Waals surface area contributed by atoms with Crippen molar-refractivity contribution in [1.82, 2.24) is 0 Å². The lowest BCUT2D eigenvalue weighted by Crippen LogP contribution is -2.16. The van der Waals surface area contributed by atoms with Crippen molar-refractivity contribution in [2.75, 3.05) is 0 Å². The van der Waals surface area contributed by atoms with Gasteiger partial charge in [0.2, 0.25) is 0 Å². The Balaban J connectivity index is 1.64. The van der Waals surface area contributed by atoms with E-state index in [4.69, 9.17) is 4.74 Å². The predicted octanol–water partition coefficient (Wildman–Crippen LogP) is 7.82. The van der Waals surface area contributed by atoms with Crippen molar-refractivity contribution < 1.29 is 17.9 Å². The largest absolute Gasteiger partial charge is 0.486 e. The highest BCUT2D eigenvalue weighted by atomic mass is 19.4. The van der Waals surface area contributed by atoms with Crippen LogP contribution >= 0.6 is 0 Å². The minimum Gasteiger partial charge on any atom is -0.486 e. The Morgan fingerprint density at radius 2 is 1.50 bits per heavy atom. The van der Waals surface area contributed by atoms with E-state index in [9.17, 15) is 13.2 Å². The fourth-order valence-corrected chi connectivity index (χ4v) is 4.16. The molecule has 0 aliphatic heterocycles. The molecule has 1 aliphatic rings. The summed E-state index contributed by atoms with van der Waals surface area (Å²) in [7, 11) is 0. The van der Waals surface area contributed by atoms with Crippen LogP contribution in [0, 0.1) is 11.8 Å². The number of hydrogen-bond donors (Lipinski definition) is 0. The van der Waals surface area contributed by atoms with Crippen LogP contribution in [0.25, 0.3) is 0 Å². The van der Waals surface area contributed by atoms with Gasteiger partial charge in [-0.2, -0.15) is 13.2 Å². The minimum absolute atomic E-state index is 0.137. The second-order valence-corrected chi connectivity index (χ2v) is 7.91. The second kappa shape index (κ2) is 9.49. The second-order valence-electron chi connectivity index (χ2n) is 7.91. The summed E-state index contributed by atoms with van der Waals surface area (Å²) < 4.78 is 44.5. The average Bonchev–Trinajstić information content (AvgIpc) is 2.72. The Morgan fingerprint density at radius 3 is 2.07 bits per heavy atom. The summed E-state index contributed by atoms with van der Waals surface area (Å²) >= 11 is 0. The molecule has 1 atom stereocenters. The van der Waals surface area contributed by atoms with Crippen LogP contribution < -0.4 is 4.74 Å². The van der Waals surface area contributed by atoms with Crippen LogP contribution in [-0.4, -0.2) is 0 Å². The van der Waals surface area contributed by atoms with Gasteiger partial charge in [0.1, 0.15) is 11.9 Å². The van der Waals surface area contributed by atoms with E-state index < -0.39 is 11.7 Å². The van der Waals surface area contributed by atoms with Gasteiger partial charge in [-0.3, -0.25) is 0 Å². The Bertz CT molecular complexity index is 701. The SMILES string of the molecule is CC[C@H]1CC[C@H](CCC(Oc2ccc(C(F)(F)F)cc2)c2ccccc2)CC1. The number of rotatable bonds is 7. The molecule has 0 radical (unpaired) electrons. The molecule has 1 unspecified atom stereocenters. The molecule has 28 heavy (non-hydrogen) atoms. The van der Waals surface area contributed by atoms with Gasteiger partial charge in [0, 0.05) is 0 Å². The molecule has 4 heteroatoms. The van der Waals surface area contributed by atoms with Crippen LogP contribution in [0.5, 0.6) is 5.75 Å². The van der Waals surface area contributed by atoms with Crippen LogP contribution in [0.1, 0.15) is 69.1 Å². The first-order valence-corrected chi connectivity index (χ1v) is 10.3. The molecular weight excluding hydrogens is 361 g/mol. The third kappa shape index (κ3) is 5.76.